The highest BCUT2D eigenvalue weighted by atomic mass is 35.5. The minimum atomic E-state index is -0.611. The number of rotatable bonds is 0. The van der Waals surface area contributed by atoms with Crippen LogP contribution in [0.15, 0.2) is 0 Å². The third-order valence-corrected chi connectivity index (χ3v) is 2.55. The molecule has 0 aromatic rings. The molecule has 66 valence electrons. The van der Waals surface area contributed by atoms with E-state index in [-0.39, 0.29) is 17.9 Å². The van der Waals surface area contributed by atoms with E-state index in [0.29, 0.717) is 13.0 Å². The molecule has 2 aliphatic heterocycles. The summed E-state index contributed by atoms with van der Waals surface area (Å²) in [7, 11) is 0. The maximum Gasteiger partial charge on any atom is 0.114 e. The summed E-state index contributed by atoms with van der Waals surface area (Å²) in [6, 6.07) is 0. The van der Waals surface area contributed by atoms with Crippen LogP contribution in [0.1, 0.15) is 12.8 Å². The molecule has 2 N–H and O–H groups in total. The summed E-state index contributed by atoms with van der Waals surface area (Å²) in [6.45, 7) is 2.55. The highest BCUT2D eigenvalue weighted by Gasteiger charge is 2.40. The van der Waals surface area contributed by atoms with Crippen LogP contribution in [0.5, 0.6) is 0 Å². The lowest BCUT2D eigenvalue weighted by atomic mass is 9.96. The van der Waals surface area contributed by atoms with Crippen molar-refractivity contribution in [3.8, 4) is 0 Å². The number of halogens is 2. The Balaban J connectivity index is 0.000000605. The van der Waals surface area contributed by atoms with E-state index in [0.717, 1.165) is 19.5 Å². The molecule has 2 heterocycles. The number of alkyl halides is 1. The molecular formula is C7H14ClFN2. The fourth-order valence-electron chi connectivity index (χ4n) is 1.96. The van der Waals surface area contributed by atoms with Crippen molar-refractivity contribution in [2.75, 3.05) is 19.6 Å². The maximum absolute atomic E-state index is 12.7. The zero-order chi connectivity index (χ0) is 7.03. The van der Waals surface area contributed by atoms with Crippen LogP contribution in [0.3, 0.4) is 0 Å². The molecule has 0 aromatic carbocycles. The third kappa shape index (κ3) is 1.66. The van der Waals surface area contributed by atoms with Crippen LogP contribution in [0.25, 0.3) is 0 Å². The molecular weight excluding hydrogens is 167 g/mol. The van der Waals surface area contributed by atoms with Gasteiger partial charge in [-0.25, -0.2) is 4.39 Å². The van der Waals surface area contributed by atoms with E-state index in [1.165, 1.54) is 0 Å². The summed E-state index contributed by atoms with van der Waals surface area (Å²) in [5.41, 5.74) is 0.124. The third-order valence-electron chi connectivity index (χ3n) is 2.55. The first-order valence-electron chi connectivity index (χ1n) is 3.91. The Morgan fingerprint density at radius 2 is 2.27 bits per heavy atom. The van der Waals surface area contributed by atoms with Gasteiger partial charge in [-0.05, 0) is 19.4 Å². The molecule has 2 aliphatic rings. The van der Waals surface area contributed by atoms with Gasteiger partial charge in [-0.3, -0.25) is 0 Å². The van der Waals surface area contributed by atoms with Crippen molar-refractivity contribution in [3.63, 3.8) is 0 Å². The van der Waals surface area contributed by atoms with Gasteiger partial charge in [0.2, 0.25) is 0 Å². The first kappa shape index (κ1) is 9.23. The van der Waals surface area contributed by atoms with Crippen molar-refractivity contribution in [3.05, 3.63) is 0 Å². The van der Waals surface area contributed by atoms with Gasteiger partial charge in [-0.1, -0.05) is 0 Å². The van der Waals surface area contributed by atoms with Gasteiger partial charge in [0.1, 0.15) is 6.17 Å². The van der Waals surface area contributed by atoms with Gasteiger partial charge in [0.05, 0.1) is 0 Å². The molecule has 0 radical (unpaired) electrons. The van der Waals surface area contributed by atoms with E-state index in [9.17, 15) is 4.39 Å². The molecule has 0 amide bonds. The quantitative estimate of drug-likeness (QED) is 0.567. The minimum Gasteiger partial charge on any atom is -0.315 e. The predicted octanol–water partition coefficient (Wildman–Crippen LogP) is 0.472. The Hall–Kier alpha value is 0.140. The Labute approximate surface area is 72.3 Å². The summed E-state index contributed by atoms with van der Waals surface area (Å²) in [5, 5.41) is 6.49. The van der Waals surface area contributed by atoms with Gasteiger partial charge in [0.15, 0.2) is 0 Å². The molecule has 2 atom stereocenters. The van der Waals surface area contributed by atoms with E-state index in [1.54, 1.807) is 0 Å². The minimum absolute atomic E-state index is 0. The maximum atomic E-state index is 12.7. The van der Waals surface area contributed by atoms with Crippen molar-refractivity contribution in [1.82, 2.24) is 10.6 Å². The lowest BCUT2D eigenvalue weighted by Gasteiger charge is -2.20. The van der Waals surface area contributed by atoms with Crippen LogP contribution in [0.4, 0.5) is 4.39 Å². The first-order valence-corrected chi connectivity index (χ1v) is 3.91. The highest BCUT2D eigenvalue weighted by Crippen LogP contribution is 2.26. The second-order valence-electron chi connectivity index (χ2n) is 3.39. The van der Waals surface area contributed by atoms with Gasteiger partial charge < -0.3 is 10.6 Å². The predicted molar refractivity (Wildman–Crippen MR) is 45.0 cm³/mol. The van der Waals surface area contributed by atoms with Crippen LogP contribution < -0.4 is 10.6 Å². The molecule has 2 saturated heterocycles. The van der Waals surface area contributed by atoms with Crippen LogP contribution in [0, 0.1) is 0 Å². The SMILES string of the molecule is Cl.FC1CNC2(CCNC2)C1. The van der Waals surface area contributed by atoms with Crippen molar-refractivity contribution in [2.45, 2.75) is 24.6 Å². The van der Waals surface area contributed by atoms with Gasteiger partial charge in [0.25, 0.3) is 0 Å². The Bertz CT molecular complexity index is 136. The molecule has 0 bridgehead atoms. The topological polar surface area (TPSA) is 24.1 Å². The van der Waals surface area contributed by atoms with E-state index < -0.39 is 6.17 Å². The molecule has 0 aromatic heterocycles. The van der Waals surface area contributed by atoms with Crippen LogP contribution in [-0.4, -0.2) is 31.3 Å². The molecule has 2 unspecified atom stereocenters. The van der Waals surface area contributed by atoms with E-state index in [4.69, 9.17) is 0 Å². The zero-order valence-electron chi connectivity index (χ0n) is 6.40. The summed E-state index contributed by atoms with van der Waals surface area (Å²) in [5.74, 6) is 0. The molecule has 0 aliphatic carbocycles. The Kier molecular flexibility index (Phi) is 2.73. The lowest BCUT2D eigenvalue weighted by Crippen LogP contribution is -2.41. The highest BCUT2D eigenvalue weighted by molar-refractivity contribution is 5.85. The lowest BCUT2D eigenvalue weighted by molar-refractivity contribution is 0.330. The van der Waals surface area contributed by atoms with Crippen molar-refractivity contribution in [2.24, 2.45) is 0 Å². The first-order chi connectivity index (χ1) is 4.81. The zero-order valence-corrected chi connectivity index (χ0v) is 7.22. The fraction of sp³-hybridized carbons (Fsp3) is 1.00. The summed E-state index contributed by atoms with van der Waals surface area (Å²) in [4.78, 5) is 0. The normalized spacial score (nSPS) is 42.8. The fourth-order valence-corrected chi connectivity index (χ4v) is 1.96. The molecule has 2 nitrogen and oxygen atoms in total. The van der Waals surface area contributed by atoms with Crippen molar-refractivity contribution < 1.29 is 4.39 Å². The summed E-state index contributed by atoms with van der Waals surface area (Å²) in [6.07, 6.45) is 1.19. The van der Waals surface area contributed by atoms with Gasteiger partial charge in [0, 0.05) is 18.6 Å². The second-order valence-corrected chi connectivity index (χ2v) is 3.39. The van der Waals surface area contributed by atoms with Gasteiger partial charge >= 0.3 is 0 Å². The van der Waals surface area contributed by atoms with Crippen LogP contribution in [-0.2, 0) is 0 Å². The van der Waals surface area contributed by atoms with Gasteiger partial charge in [-0.2, -0.15) is 0 Å². The molecule has 2 fully saturated rings. The van der Waals surface area contributed by atoms with Crippen LogP contribution in [0.2, 0.25) is 0 Å². The van der Waals surface area contributed by atoms with Crippen molar-refractivity contribution >= 4 is 12.4 Å². The number of hydrogen-bond donors (Lipinski definition) is 2. The monoisotopic (exact) mass is 180 g/mol. The average Bonchev–Trinajstić information content (AvgIpc) is 2.46. The van der Waals surface area contributed by atoms with Crippen LogP contribution >= 0.6 is 12.4 Å². The number of hydrogen-bond acceptors (Lipinski definition) is 2. The summed E-state index contributed by atoms with van der Waals surface area (Å²) < 4.78 is 12.7. The molecule has 4 heteroatoms. The largest absolute Gasteiger partial charge is 0.315 e. The van der Waals surface area contributed by atoms with Gasteiger partial charge in [-0.15, -0.1) is 12.4 Å². The van der Waals surface area contributed by atoms with E-state index >= 15 is 0 Å². The smallest absolute Gasteiger partial charge is 0.114 e. The van der Waals surface area contributed by atoms with E-state index in [2.05, 4.69) is 10.6 Å². The molecule has 0 saturated carbocycles. The number of nitrogens with one attached hydrogen (secondary N) is 2. The van der Waals surface area contributed by atoms with E-state index in [1.807, 2.05) is 0 Å². The average molecular weight is 181 g/mol. The molecule has 1 spiro atoms. The Morgan fingerprint density at radius 1 is 1.45 bits per heavy atom. The van der Waals surface area contributed by atoms with Crippen molar-refractivity contribution in [1.29, 1.82) is 0 Å². The molecule has 2 rings (SSSR count). The Morgan fingerprint density at radius 3 is 2.73 bits per heavy atom. The molecule has 11 heavy (non-hydrogen) atoms. The second kappa shape index (κ2) is 3.25. The summed E-state index contributed by atoms with van der Waals surface area (Å²) >= 11 is 0. The standard InChI is InChI=1S/C7H13FN2.ClH/c8-6-3-7(10-4-6)1-2-9-5-7;/h6,9-10H,1-5H2;1H.